The van der Waals surface area contributed by atoms with Gasteiger partial charge in [0.15, 0.2) is 0 Å². The Morgan fingerprint density at radius 3 is 2.32 bits per heavy atom. The van der Waals surface area contributed by atoms with E-state index in [2.05, 4.69) is 0 Å². The van der Waals surface area contributed by atoms with Crippen molar-refractivity contribution in [2.75, 3.05) is 6.54 Å². The maximum absolute atomic E-state index is 12.3. The van der Waals surface area contributed by atoms with Gasteiger partial charge in [-0.05, 0) is 0 Å². The van der Waals surface area contributed by atoms with Crippen LogP contribution in [0.3, 0.4) is 0 Å². The summed E-state index contributed by atoms with van der Waals surface area (Å²) in [6.07, 6.45) is 2.92. The number of likely N-dealkylation sites (tertiary alicyclic amines) is 1. The van der Waals surface area contributed by atoms with Crippen LogP contribution in [0.2, 0.25) is 0 Å². The molecule has 1 atom stereocenters. The topological polar surface area (TPSA) is 89.5 Å². The van der Waals surface area contributed by atoms with Crippen molar-refractivity contribution in [1.29, 1.82) is 0 Å². The molecule has 0 radical (unpaired) electrons. The molecule has 2 rings (SSSR count). The average Bonchev–Trinajstić information content (AvgIpc) is 2.38. The van der Waals surface area contributed by atoms with E-state index in [4.69, 9.17) is 12.6 Å². The van der Waals surface area contributed by atoms with Gasteiger partial charge < -0.3 is 11.0 Å². The van der Waals surface area contributed by atoms with E-state index in [9.17, 15) is 4.79 Å². The van der Waals surface area contributed by atoms with E-state index in [1.165, 1.54) is 0 Å². The Morgan fingerprint density at radius 2 is 1.77 bits per heavy atom. The Labute approximate surface area is 133 Å². The number of hydrogen-bond acceptors (Lipinski definition) is 4. The normalized spacial score (nSPS) is 18.0. The summed E-state index contributed by atoms with van der Waals surface area (Å²) in [7, 11) is 5.73. The number of ether oxygens (including phenoxy) is 1. The maximum Gasteiger partial charge on any atom is -0.870 e. The molecule has 1 saturated heterocycles. The summed E-state index contributed by atoms with van der Waals surface area (Å²) in [5, 5.41) is 0. The molecule has 1 aromatic rings. The molecular formula is C16H24BNO4. The fraction of sp³-hybridized carbons (Fsp3) is 0.562. The van der Waals surface area contributed by atoms with Gasteiger partial charge in [-0.2, -0.15) is 0 Å². The smallest absolute Gasteiger partial charge is 0.870 e. The zero-order valence-electron chi connectivity index (χ0n) is 13.5. The second-order valence-electron chi connectivity index (χ2n) is 6.35. The van der Waals surface area contributed by atoms with Gasteiger partial charge in [0.05, 0.1) is 0 Å². The summed E-state index contributed by atoms with van der Waals surface area (Å²) in [4.78, 5) is 14.2. The van der Waals surface area contributed by atoms with Crippen molar-refractivity contribution in [3.63, 3.8) is 0 Å². The average molecular weight is 305 g/mol. The molecule has 1 aliphatic heterocycles. The molecule has 22 heavy (non-hydrogen) atoms. The van der Waals surface area contributed by atoms with E-state index in [0.717, 1.165) is 36.8 Å². The molecule has 0 aliphatic carbocycles. The third kappa shape index (κ3) is 5.35. The Kier molecular flexibility index (Phi) is 7.63. The van der Waals surface area contributed by atoms with E-state index in [-0.39, 0.29) is 23.1 Å². The standard InChI is InChI=1S/C16H22BNO2.2H2O/c1-16(2,3)20-15(19)18-11-5-4-6-14(18)12-7-9-13(17)10-8-12;;/h7-10,14H,4-6,11H2,1-3H3;2*1H2/q+2;;/p-2. The van der Waals surface area contributed by atoms with Crippen LogP contribution < -0.4 is 5.46 Å². The van der Waals surface area contributed by atoms with E-state index in [1.807, 2.05) is 49.9 Å². The maximum atomic E-state index is 12.3. The van der Waals surface area contributed by atoms with Gasteiger partial charge in [0, 0.05) is 0 Å². The van der Waals surface area contributed by atoms with E-state index in [1.54, 1.807) is 0 Å². The Morgan fingerprint density at radius 1 is 1.18 bits per heavy atom. The number of rotatable bonds is 1. The van der Waals surface area contributed by atoms with Crippen LogP contribution in [0.15, 0.2) is 24.3 Å². The van der Waals surface area contributed by atoms with Crippen molar-refractivity contribution < 1.29 is 20.5 Å². The van der Waals surface area contributed by atoms with Crippen LogP contribution >= 0.6 is 0 Å². The van der Waals surface area contributed by atoms with Crippen LogP contribution in [0, 0.1) is 0 Å². The minimum Gasteiger partial charge on any atom is -0.870 e. The fourth-order valence-corrected chi connectivity index (χ4v) is 2.54. The Bertz CT molecular complexity index is 470. The van der Waals surface area contributed by atoms with Crippen LogP contribution in [-0.2, 0) is 4.74 Å². The number of benzene rings is 1. The summed E-state index contributed by atoms with van der Waals surface area (Å²) in [5.41, 5.74) is 1.42. The largest absolute Gasteiger partial charge is 0.870 e. The molecule has 1 unspecified atom stereocenters. The molecule has 0 saturated carbocycles. The minimum absolute atomic E-state index is 0. The van der Waals surface area contributed by atoms with Crippen LogP contribution in [0.25, 0.3) is 0 Å². The van der Waals surface area contributed by atoms with E-state index < -0.39 is 5.60 Å². The van der Waals surface area contributed by atoms with Crippen molar-refractivity contribution >= 4 is 19.4 Å². The molecule has 1 aromatic carbocycles. The van der Waals surface area contributed by atoms with Crippen LogP contribution in [0.4, 0.5) is 4.79 Å². The third-order valence-electron chi connectivity index (χ3n) is 3.45. The SMILES string of the molecule is [B+2]c1ccc(C2CCCCN2C(=O)OC(C)(C)C)cc1.[OH-].[OH-]. The molecule has 120 valence electrons. The van der Waals surface area contributed by atoms with Crippen molar-refractivity contribution in [3.05, 3.63) is 29.8 Å². The molecular weight excluding hydrogens is 281 g/mol. The van der Waals surface area contributed by atoms with Gasteiger partial charge in [0.1, 0.15) is 0 Å². The molecule has 1 fully saturated rings. The third-order valence-corrected chi connectivity index (χ3v) is 3.45. The van der Waals surface area contributed by atoms with Crippen molar-refractivity contribution in [3.8, 4) is 0 Å². The molecule has 5 nitrogen and oxygen atoms in total. The summed E-state index contributed by atoms with van der Waals surface area (Å²) < 4.78 is 5.51. The van der Waals surface area contributed by atoms with Crippen LogP contribution in [-0.4, -0.2) is 41.9 Å². The summed E-state index contributed by atoms with van der Waals surface area (Å²) in [5.74, 6) is 0. The van der Waals surface area contributed by atoms with Gasteiger partial charge in [-0.3, -0.25) is 0 Å². The van der Waals surface area contributed by atoms with Gasteiger partial charge in [-0.1, -0.05) is 0 Å². The summed E-state index contributed by atoms with van der Waals surface area (Å²) in [6.45, 7) is 6.44. The second-order valence-corrected chi connectivity index (χ2v) is 6.35. The van der Waals surface area contributed by atoms with E-state index in [0.29, 0.717) is 0 Å². The number of carbonyl (C=O) groups excluding carboxylic acids is 1. The number of piperidine rings is 1. The number of amides is 1. The number of hydrogen-bond donors (Lipinski definition) is 0. The first-order valence-corrected chi connectivity index (χ1v) is 7.22. The zero-order chi connectivity index (χ0) is 14.8. The molecule has 1 aliphatic rings. The first-order chi connectivity index (χ1) is 9.37. The molecule has 2 N–H and O–H groups in total. The molecule has 6 heteroatoms. The van der Waals surface area contributed by atoms with Crippen molar-refractivity contribution in [2.45, 2.75) is 51.7 Å². The monoisotopic (exact) mass is 305 g/mol. The summed E-state index contributed by atoms with van der Waals surface area (Å²) in [6, 6.07) is 7.87. The fourth-order valence-electron chi connectivity index (χ4n) is 2.54. The van der Waals surface area contributed by atoms with E-state index >= 15 is 0 Å². The van der Waals surface area contributed by atoms with Gasteiger partial charge in [0.2, 0.25) is 0 Å². The first-order valence-electron chi connectivity index (χ1n) is 7.22. The van der Waals surface area contributed by atoms with Gasteiger partial charge in [-0.25, -0.2) is 0 Å². The molecule has 1 amide bonds. The predicted molar refractivity (Wildman–Crippen MR) is 85.2 cm³/mol. The zero-order valence-corrected chi connectivity index (χ0v) is 13.5. The summed E-state index contributed by atoms with van der Waals surface area (Å²) >= 11 is 0. The number of carbonyl (C=O) groups is 1. The van der Waals surface area contributed by atoms with Crippen LogP contribution in [0.1, 0.15) is 51.6 Å². The second kappa shape index (κ2) is 8.20. The predicted octanol–water partition coefficient (Wildman–Crippen LogP) is 2.59. The molecule has 1 heterocycles. The number of nitrogens with zero attached hydrogens (tertiary/aromatic N) is 1. The molecule has 0 aromatic heterocycles. The quantitative estimate of drug-likeness (QED) is 0.746. The van der Waals surface area contributed by atoms with Gasteiger partial charge >= 0.3 is 122 Å². The van der Waals surface area contributed by atoms with Crippen molar-refractivity contribution in [1.82, 2.24) is 4.90 Å². The first kappa shape index (κ1) is 20.5. The van der Waals surface area contributed by atoms with Gasteiger partial charge in [0.25, 0.3) is 0 Å². The minimum atomic E-state index is -0.458. The Balaban J connectivity index is 0.00000220. The van der Waals surface area contributed by atoms with Gasteiger partial charge in [-0.15, -0.1) is 0 Å². The molecule has 0 bridgehead atoms. The molecule has 0 spiro atoms. The Hall–Kier alpha value is -1.53. The van der Waals surface area contributed by atoms with Crippen molar-refractivity contribution in [2.24, 2.45) is 0 Å². The van der Waals surface area contributed by atoms with Crippen LogP contribution in [0.5, 0.6) is 0 Å².